The molecule has 3 heterocycles. The molecule has 0 atom stereocenters. The molecule has 0 N–H and O–H groups in total. The quantitative estimate of drug-likeness (QED) is 0.196. The van der Waals surface area contributed by atoms with Gasteiger partial charge in [0.05, 0.1) is 23.8 Å². The number of hydrogen-bond donors (Lipinski definition) is 0. The SMILES string of the molecule is [2H]c1c([2H])c([2H])c(-c2nc(-c3cccc(N4c5ccccc5-c5cccc6cccc4c56)c3)nc(-c3cccc4c3oc3ccccc34)n2)c([2H])c1[2H]. The lowest BCUT2D eigenvalue weighted by atomic mass is 9.91. The zero-order chi connectivity index (χ0) is 36.0. The van der Waals surface area contributed by atoms with Gasteiger partial charge in [-0.3, -0.25) is 0 Å². The molecule has 0 saturated heterocycles. The lowest BCUT2D eigenvalue weighted by Gasteiger charge is -2.33. The Labute approximate surface area is 283 Å². The molecule has 224 valence electrons. The molecule has 0 radical (unpaired) electrons. The zero-order valence-electron chi connectivity index (χ0n) is 30.3. The minimum atomic E-state index is -0.489. The molecule has 9 aromatic rings. The number of para-hydroxylation sites is 3. The summed E-state index contributed by atoms with van der Waals surface area (Å²) in [6.45, 7) is 0. The molecule has 0 fully saturated rings. The Morgan fingerprint density at radius 2 is 1.19 bits per heavy atom. The standard InChI is InChI=1S/C43H26N4O/c1-2-12-28(13-3-1)41-44-42(46-43(45-41)35-22-11-21-34-32-19-5-7-25-38(32)48-40(34)35)29-16-8-17-30(26-29)47-36-23-6-4-18-31(36)33-20-9-14-27-15-10-24-37(47)39(27)33/h1-26H/i1D,2D,3D,12D,13D. The van der Waals surface area contributed by atoms with E-state index in [2.05, 4.69) is 59.5 Å². The number of aromatic nitrogens is 3. The first kappa shape index (κ1) is 22.0. The van der Waals surface area contributed by atoms with E-state index in [-0.39, 0.29) is 23.0 Å². The van der Waals surface area contributed by atoms with E-state index in [1.165, 1.54) is 5.56 Å². The Kier molecular flexibility index (Phi) is 4.81. The van der Waals surface area contributed by atoms with Crippen LogP contribution in [-0.2, 0) is 0 Å². The average molecular weight is 620 g/mol. The first-order valence-electron chi connectivity index (χ1n) is 18.1. The van der Waals surface area contributed by atoms with Crippen LogP contribution in [0.25, 0.3) is 78.0 Å². The van der Waals surface area contributed by atoms with E-state index in [4.69, 9.17) is 26.2 Å². The number of rotatable bonds is 4. The van der Waals surface area contributed by atoms with Crippen LogP contribution >= 0.6 is 0 Å². The van der Waals surface area contributed by atoms with Crippen molar-refractivity contribution in [1.82, 2.24) is 15.0 Å². The molecule has 0 amide bonds. The van der Waals surface area contributed by atoms with Gasteiger partial charge in [0, 0.05) is 38.5 Å². The van der Waals surface area contributed by atoms with Gasteiger partial charge in [0.1, 0.15) is 11.2 Å². The number of hydrogen-bond acceptors (Lipinski definition) is 5. The van der Waals surface area contributed by atoms with Gasteiger partial charge in [-0.05, 0) is 47.3 Å². The van der Waals surface area contributed by atoms with Gasteiger partial charge < -0.3 is 9.32 Å². The molecule has 0 aliphatic carbocycles. The second-order valence-corrected chi connectivity index (χ2v) is 11.7. The molecule has 0 spiro atoms. The highest BCUT2D eigenvalue weighted by atomic mass is 16.3. The summed E-state index contributed by atoms with van der Waals surface area (Å²) in [7, 11) is 0. The summed E-state index contributed by atoms with van der Waals surface area (Å²) in [6.07, 6.45) is 0. The van der Waals surface area contributed by atoms with Crippen LogP contribution in [0.15, 0.2) is 162 Å². The van der Waals surface area contributed by atoms with E-state index in [1.54, 1.807) is 0 Å². The predicted molar refractivity (Wildman–Crippen MR) is 195 cm³/mol. The van der Waals surface area contributed by atoms with Crippen molar-refractivity contribution in [2.45, 2.75) is 0 Å². The van der Waals surface area contributed by atoms with Crippen molar-refractivity contribution in [2.24, 2.45) is 0 Å². The fourth-order valence-electron chi connectivity index (χ4n) is 6.84. The molecule has 0 saturated carbocycles. The van der Waals surface area contributed by atoms with Gasteiger partial charge in [0.15, 0.2) is 17.5 Å². The Balaban J connectivity index is 1.22. The first-order chi connectivity index (χ1) is 25.9. The zero-order valence-corrected chi connectivity index (χ0v) is 25.3. The number of nitrogens with zero attached hydrogens (tertiary/aromatic N) is 4. The van der Waals surface area contributed by atoms with Crippen LogP contribution in [0.1, 0.15) is 6.85 Å². The largest absolute Gasteiger partial charge is 0.455 e. The molecule has 5 heteroatoms. The van der Waals surface area contributed by atoms with Gasteiger partial charge in [-0.2, -0.15) is 0 Å². The average Bonchev–Trinajstić information content (AvgIpc) is 3.59. The highest BCUT2D eigenvalue weighted by molar-refractivity contribution is 6.14. The lowest BCUT2D eigenvalue weighted by Crippen LogP contribution is -2.15. The molecule has 2 aromatic heterocycles. The molecule has 0 bridgehead atoms. The van der Waals surface area contributed by atoms with Crippen LogP contribution in [0.2, 0.25) is 0 Å². The van der Waals surface area contributed by atoms with E-state index in [9.17, 15) is 0 Å². The highest BCUT2D eigenvalue weighted by Gasteiger charge is 2.26. The van der Waals surface area contributed by atoms with Gasteiger partial charge in [-0.15, -0.1) is 0 Å². The minimum absolute atomic E-state index is 0.0393. The van der Waals surface area contributed by atoms with Crippen molar-refractivity contribution < 1.29 is 11.3 Å². The summed E-state index contributed by atoms with van der Waals surface area (Å²) >= 11 is 0. The van der Waals surface area contributed by atoms with Crippen molar-refractivity contribution in [1.29, 1.82) is 0 Å². The molecule has 10 rings (SSSR count). The molecule has 1 aliphatic rings. The molecule has 48 heavy (non-hydrogen) atoms. The third-order valence-corrected chi connectivity index (χ3v) is 8.93. The molecule has 1 aliphatic heterocycles. The van der Waals surface area contributed by atoms with Gasteiger partial charge in [0.2, 0.25) is 0 Å². The van der Waals surface area contributed by atoms with Crippen molar-refractivity contribution in [3.8, 4) is 45.3 Å². The van der Waals surface area contributed by atoms with Crippen LogP contribution < -0.4 is 4.90 Å². The van der Waals surface area contributed by atoms with E-state index in [0.29, 0.717) is 22.3 Å². The Hall–Kier alpha value is -6.59. The van der Waals surface area contributed by atoms with Gasteiger partial charge in [-0.25, -0.2) is 15.0 Å². The van der Waals surface area contributed by atoms with E-state index >= 15 is 0 Å². The maximum absolute atomic E-state index is 8.78. The van der Waals surface area contributed by atoms with Crippen LogP contribution in [0.5, 0.6) is 0 Å². The topological polar surface area (TPSA) is 55.1 Å². The molecule has 5 nitrogen and oxygen atoms in total. The van der Waals surface area contributed by atoms with Crippen molar-refractivity contribution in [2.75, 3.05) is 4.90 Å². The van der Waals surface area contributed by atoms with Gasteiger partial charge in [0.25, 0.3) is 0 Å². The second kappa shape index (κ2) is 10.5. The summed E-state index contributed by atoms with van der Waals surface area (Å²) in [4.78, 5) is 16.8. The Morgan fingerprint density at radius 1 is 0.521 bits per heavy atom. The first-order valence-corrected chi connectivity index (χ1v) is 15.6. The number of benzene rings is 7. The fourth-order valence-corrected chi connectivity index (χ4v) is 6.84. The van der Waals surface area contributed by atoms with E-state index < -0.39 is 30.2 Å². The van der Waals surface area contributed by atoms with Crippen molar-refractivity contribution >= 4 is 49.8 Å². The second-order valence-electron chi connectivity index (χ2n) is 11.7. The van der Waals surface area contributed by atoms with E-state index in [1.807, 2.05) is 72.8 Å². The maximum atomic E-state index is 8.78. The smallest absolute Gasteiger partial charge is 0.167 e. The maximum Gasteiger partial charge on any atom is 0.167 e. The highest BCUT2D eigenvalue weighted by Crippen LogP contribution is 2.51. The normalized spacial score (nSPS) is 13.6. The third kappa shape index (κ3) is 4.08. The number of fused-ring (bicyclic) bond motifs is 5. The van der Waals surface area contributed by atoms with Crippen LogP contribution in [0.4, 0.5) is 17.1 Å². The van der Waals surface area contributed by atoms with Crippen molar-refractivity contribution in [3.63, 3.8) is 0 Å². The predicted octanol–water partition coefficient (Wildman–Crippen LogP) is 11.4. The summed E-state index contributed by atoms with van der Waals surface area (Å²) in [6, 6.07) is 40.2. The van der Waals surface area contributed by atoms with Crippen LogP contribution in [0, 0.1) is 0 Å². The summed E-state index contributed by atoms with van der Waals surface area (Å²) in [5, 5.41) is 4.12. The lowest BCUT2D eigenvalue weighted by molar-refractivity contribution is 0.669. The number of furan rings is 1. The van der Waals surface area contributed by atoms with Gasteiger partial charge in [-0.1, -0.05) is 121 Å². The number of anilines is 3. The minimum Gasteiger partial charge on any atom is -0.455 e. The van der Waals surface area contributed by atoms with E-state index in [0.717, 1.165) is 44.2 Å². The third-order valence-electron chi connectivity index (χ3n) is 8.93. The van der Waals surface area contributed by atoms with Gasteiger partial charge >= 0.3 is 0 Å². The summed E-state index contributed by atoms with van der Waals surface area (Å²) in [5.74, 6) is 0.479. The van der Waals surface area contributed by atoms with Crippen LogP contribution in [0.3, 0.4) is 0 Å². The summed E-state index contributed by atoms with van der Waals surface area (Å²) < 4.78 is 48.9. The fraction of sp³-hybridized carbons (Fsp3) is 0. The molecular formula is C43H26N4O. The Morgan fingerprint density at radius 3 is 2.10 bits per heavy atom. The molecular weight excluding hydrogens is 589 g/mol. The summed E-state index contributed by atoms with van der Waals surface area (Å²) in [5.41, 5.74) is 7.65. The Bertz CT molecular complexity index is 2960. The monoisotopic (exact) mass is 619 g/mol. The van der Waals surface area contributed by atoms with Crippen molar-refractivity contribution in [3.05, 3.63) is 158 Å². The van der Waals surface area contributed by atoms with Crippen LogP contribution in [-0.4, -0.2) is 15.0 Å². The molecule has 0 unspecified atom stereocenters. The molecule has 7 aromatic carbocycles.